The van der Waals surface area contributed by atoms with E-state index in [2.05, 4.69) is 70.4 Å². The van der Waals surface area contributed by atoms with Gasteiger partial charge in [-0.2, -0.15) is 0 Å². The largest absolute Gasteiger partial charge is 0.310 e. The van der Waals surface area contributed by atoms with Gasteiger partial charge in [-0.25, -0.2) is 0 Å². The van der Waals surface area contributed by atoms with Crippen molar-refractivity contribution in [2.24, 2.45) is 0 Å². The second-order valence-corrected chi connectivity index (χ2v) is 46.0. The van der Waals surface area contributed by atoms with Crippen LogP contribution in [0.15, 0.2) is 266 Å². The van der Waals surface area contributed by atoms with E-state index < -0.39 is 280 Å². The lowest BCUT2D eigenvalue weighted by Crippen LogP contribution is -2.61. The molecule has 0 radical (unpaired) electrons. The van der Waals surface area contributed by atoms with E-state index in [-0.39, 0.29) is 140 Å². The molecule has 0 saturated carbocycles. The molecule has 0 amide bonds. The first-order valence-corrected chi connectivity index (χ1v) is 45.4. The molecule has 16 aromatic rings. The summed E-state index contributed by atoms with van der Waals surface area (Å²) in [6.07, 6.45) is 0. The van der Waals surface area contributed by atoms with E-state index in [4.69, 9.17) is 0 Å². The van der Waals surface area contributed by atoms with Gasteiger partial charge in [0, 0.05) is 72.2 Å². The molecule has 18 rings (SSSR count). The number of fused-ring (bicyclic) bond motifs is 10. The van der Waals surface area contributed by atoms with Crippen molar-refractivity contribution in [2.75, 3.05) is 9.80 Å². The van der Waals surface area contributed by atoms with Crippen molar-refractivity contribution >= 4 is 101 Å². The summed E-state index contributed by atoms with van der Waals surface area (Å²) in [6.45, 7) is 56.1. The van der Waals surface area contributed by atoms with E-state index in [0.29, 0.717) is 22.3 Å². The van der Waals surface area contributed by atoms with E-state index >= 15 is 0 Å². The standard InChI is InChI=1S/C125H137BN4/c1-76-64-93(101(125(29,30)31)75-100(76)124(26,27)28)96-70-85(120(14,15)16)68-91(78-48-53-81(54-49-78)116(2,3)4)114(96)129-108-65-80(77-40-33-32-34-41-77)52-60-102(108)126-103-61-59-87(127-106-62-57-83(118(8,9)10)66-94(106)95-67-84(119(11,12)13)58-63-107(95)127)72-109(103)130(111-74-88(73-110(129)113(111)126)128-104-46-37-35-42-89(104)90-43-36-38-47-105(90)128)115-92(79-50-55-82(56-51-79)117(5,6)7)69-86(121(17,18)19)71-97(115)112-98(122(20,21)22)44-39-45-99(112)123(23,24)25/h32-75H,1-31H3/i32D,33D,34D,35D,36D,37D,38D,39D,40D,41D,42D,43D,44D,45D,46D,47D,48D,49D,50D,51D,53D,54D,55D,56D,64D,68D,69D,70D,71D,75D. The molecule has 0 bridgehead atoms. The van der Waals surface area contributed by atoms with Crippen molar-refractivity contribution in [3.63, 3.8) is 0 Å². The minimum atomic E-state index is -1.47. The van der Waals surface area contributed by atoms with E-state index in [1.807, 2.05) is 113 Å². The zero-order valence-corrected chi connectivity index (χ0v) is 81.4. The molecule has 0 unspecified atom stereocenters. The summed E-state index contributed by atoms with van der Waals surface area (Å²) in [5.41, 5.74) is -11.3. The van der Waals surface area contributed by atoms with Crippen molar-refractivity contribution < 1.29 is 41.1 Å². The second kappa shape index (κ2) is 30.7. The summed E-state index contributed by atoms with van der Waals surface area (Å²) in [5.74, 6) is 0. The van der Waals surface area contributed by atoms with Crippen LogP contribution in [-0.4, -0.2) is 15.8 Å². The maximum absolute atomic E-state index is 12.1. The van der Waals surface area contributed by atoms with Crippen LogP contribution in [0.1, 0.15) is 310 Å². The highest BCUT2D eigenvalue weighted by molar-refractivity contribution is 7.00. The topological polar surface area (TPSA) is 16.3 Å². The molecule has 0 saturated heterocycles. The molecule has 0 fully saturated rings. The molecular formula is C125H137BN4. The van der Waals surface area contributed by atoms with Crippen molar-refractivity contribution in [3.05, 3.63) is 327 Å². The van der Waals surface area contributed by atoms with Gasteiger partial charge in [-0.1, -0.05) is 383 Å². The van der Waals surface area contributed by atoms with Crippen molar-refractivity contribution in [2.45, 2.75) is 269 Å². The Balaban J connectivity index is 1.27. The molecule has 5 heteroatoms. The number of aromatic nitrogens is 2. The Morgan fingerprint density at radius 3 is 1.08 bits per heavy atom. The Hall–Kier alpha value is -11.7. The zero-order valence-electron chi connectivity index (χ0n) is 111. The van der Waals surface area contributed by atoms with Crippen LogP contribution in [0.3, 0.4) is 0 Å². The van der Waals surface area contributed by atoms with Crippen LogP contribution >= 0.6 is 0 Å². The highest BCUT2D eigenvalue weighted by Gasteiger charge is 2.48. The van der Waals surface area contributed by atoms with Gasteiger partial charge in [-0.15, -0.1) is 0 Å². The molecule has 0 aliphatic carbocycles. The first kappa shape index (κ1) is 59.6. The first-order chi connectivity index (χ1) is 73.3. The molecule has 0 atom stereocenters. The van der Waals surface area contributed by atoms with E-state index in [1.54, 1.807) is 130 Å². The lowest BCUT2D eigenvalue weighted by atomic mass is 9.33. The minimum absolute atomic E-state index is 0.00336. The van der Waals surface area contributed by atoms with Gasteiger partial charge < -0.3 is 18.9 Å². The first-order valence-electron chi connectivity index (χ1n) is 60.4. The van der Waals surface area contributed by atoms with Gasteiger partial charge in [0.15, 0.2) is 0 Å². The van der Waals surface area contributed by atoms with Crippen LogP contribution in [0.25, 0.3) is 111 Å². The number of para-hydroxylation sites is 2. The van der Waals surface area contributed by atoms with Gasteiger partial charge in [-0.3, -0.25) is 0 Å². The maximum atomic E-state index is 12.1. The third-order valence-electron chi connectivity index (χ3n) is 25.6. The summed E-state index contributed by atoms with van der Waals surface area (Å²) in [5, 5.41) is 0.806. The fraction of sp³-hybridized carbons (Fsp3) is 0.328. The van der Waals surface area contributed by atoms with E-state index in [9.17, 15) is 41.1 Å². The van der Waals surface area contributed by atoms with Crippen LogP contribution in [0.5, 0.6) is 0 Å². The van der Waals surface area contributed by atoms with Gasteiger partial charge in [-0.05, 0) is 263 Å². The predicted molar refractivity (Wildman–Crippen MR) is 568 cm³/mol. The number of rotatable bonds is 9. The van der Waals surface area contributed by atoms with Gasteiger partial charge in [0.05, 0.1) is 80.3 Å². The average molecular weight is 1740 g/mol. The molecule has 660 valence electrons. The van der Waals surface area contributed by atoms with Crippen LogP contribution in [0, 0.1) is 6.92 Å². The quantitative estimate of drug-likeness (QED) is 0.134. The van der Waals surface area contributed by atoms with Crippen molar-refractivity contribution in [3.8, 4) is 67.0 Å². The Kier molecular flexibility index (Phi) is 14.1. The molecule has 4 heterocycles. The molecule has 2 aromatic heterocycles. The highest BCUT2D eigenvalue weighted by atomic mass is 15.2. The Morgan fingerprint density at radius 2 is 0.638 bits per heavy atom. The Morgan fingerprint density at radius 1 is 0.246 bits per heavy atom. The molecule has 2 aliphatic heterocycles. The SMILES string of the molecule is [2H]c1c([2H])c([2H])c(-c2ccc3c(c2)N(c2c(-c4c([2H])c([2H])c(C(C)(C)C)c([2H])c4[2H])c([2H])c(C(C)(C)C)c([2H])c2-c2c([2H])c(C)c(C(C)(C)C)c([2H])c2C(C)(C)C)c2cc(-n4c5c([2H])c([2H])c([2H])c([2H])c5c5c([2H])c([2H])c([2H])c([2H])c54)cc4c2B3c2ccc(-n3c5ccc(C(C)(C)C)cc5c5cc(C(C)(C)C)ccc53)cc2N4c2c(-c3c([2H])c([2H])c(C(C)(C)C)c([2H])c3[2H])c([2H])c(C(C)(C)C)c([2H])c2-c2c(C(C)(C)C)c([2H])c([2H])c([2H])c2C(C)(C)C)c([2H])c1[2H]. The second-order valence-electron chi connectivity index (χ2n) is 46.0. The van der Waals surface area contributed by atoms with Crippen molar-refractivity contribution in [1.82, 2.24) is 9.13 Å². The van der Waals surface area contributed by atoms with E-state index in [0.717, 1.165) is 21.9 Å². The van der Waals surface area contributed by atoms with Crippen LogP contribution < -0.4 is 26.2 Å². The van der Waals surface area contributed by atoms with Crippen LogP contribution in [0.4, 0.5) is 34.1 Å². The van der Waals surface area contributed by atoms with Gasteiger partial charge in [0.25, 0.3) is 6.71 Å². The summed E-state index contributed by atoms with van der Waals surface area (Å²) in [6, 6.07) is 7.26. The number of hydrogen-bond donors (Lipinski definition) is 0. The molecule has 0 spiro atoms. The molecule has 130 heavy (non-hydrogen) atoms. The lowest BCUT2D eigenvalue weighted by Gasteiger charge is -2.46. The van der Waals surface area contributed by atoms with Gasteiger partial charge in [0.2, 0.25) is 0 Å². The maximum Gasteiger partial charge on any atom is 0.252 e. The number of hydrogen-bond acceptors (Lipinski definition) is 2. The monoisotopic (exact) mass is 1740 g/mol. The molecule has 2 aliphatic rings. The third kappa shape index (κ3) is 15.5. The number of benzene rings is 14. The summed E-state index contributed by atoms with van der Waals surface area (Å²) in [4.78, 5) is 3.29. The number of anilines is 6. The van der Waals surface area contributed by atoms with Crippen molar-refractivity contribution in [1.29, 1.82) is 0 Å². The minimum Gasteiger partial charge on any atom is -0.310 e. The fourth-order valence-electron chi connectivity index (χ4n) is 18.6. The Bertz CT molecular complexity index is 8910. The molecular weight excluding hydrogens is 1570 g/mol. The fourth-order valence-corrected chi connectivity index (χ4v) is 18.6. The van der Waals surface area contributed by atoms with Crippen LogP contribution in [-0.2, 0) is 54.1 Å². The molecule has 0 N–H and O–H groups in total. The summed E-state index contributed by atoms with van der Waals surface area (Å²) >= 11 is 0. The van der Waals surface area contributed by atoms with Gasteiger partial charge in [0.1, 0.15) is 0 Å². The third-order valence-corrected chi connectivity index (χ3v) is 25.6. The average Bonchev–Trinajstić information content (AvgIpc) is 0.820. The lowest BCUT2D eigenvalue weighted by molar-refractivity contribution is 0.567. The van der Waals surface area contributed by atoms with Gasteiger partial charge >= 0.3 is 0 Å². The smallest absolute Gasteiger partial charge is 0.252 e. The summed E-state index contributed by atoms with van der Waals surface area (Å²) in [7, 11) is 0. The van der Waals surface area contributed by atoms with E-state index in [1.165, 1.54) is 4.57 Å². The Labute approximate surface area is 820 Å². The molecule has 14 aromatic carbocycles. The normalized spacial score (nSPS) is 17.0. The summed E-state index contributed by atoms with van der Waals surface area (Å²) < 4.78 is 322. The zero-order chi connectivity index (χ0) is 119. The predicted octanol–water partition coefficient (Wildman–Crippen LogP) is 33.6. The highest BCUT2D eigenvalue weighted by Crippen LogP contribution is 2.59. The number of nitrogens with zero attached hydrogens (tertiary/aromatic N) is 4. The van der Waals surface area contributed by atoms with Crippen LogP contribution in [0.2, 0.25) is 0 Å². The molecule has 4 nitrogen and oxygen atoms in total.